The summed E-state index contributed by atoms with van der Waals surface area (Å²) >= 11 is 3.52. The quantitative estimate of drug-likeness (QED) is 0.916. The molecule has 0 spiro atoms. The predicted molar refractivity (Wildman–Crippen MR) is 80.2 cm³/mol. The van der Waals surface area contributed by atoms with Crippen molar-refractivity contribution in [3.63, 3.8) is 0 Å². The Morgan fingerprint density at radius 3 is 2.89 bits per heavy atom. The number of hydrogen-bond acceptors (Lipinski definition) is 3. The third kappa shape index (κ3) is 3.78. The lowest BCUT2D eigenvalue weighted by atomic mass is 10.1. The molecule has 0 radical (unpaired) electrons. The topological polar surface area (TPSA) is 34.1 Å². The van der Waals surface area contributed by atoms with Gasteiger partial charge in [-0.1, -0.05) is 22.0 Å². The molecule has 4 heteroatoms. The lowest BCUT2D eigenvalue weighted by Crippen LogP contribution is -2.08. The number of benzene rings is 1. The summed E-state index contributed by atoms with van der Waals surface area (Å²) in [5.41, 5.74) is 3.35. The molecule has 100 valence electrons. The first kappa shape index (κ1) is 14.0. The number of nitrogens with zero attached hydrogens (tertiary/aromatic N) is 1. The zero-order chi connectivity index (χ0) is 13.7. The van der Waals surface area contributed by atoms with E-state index in [9.17, 15) is 0 Å². The van der Waals surface area contributed by atoms with Gasteiger partial charge in [0.05, 0.1) is 0 Å². The van der Waals surface area contributed by atoms with Crippen LogP contribution in [0.5, 0.6) is 5.75 Å². The van der Waals surface area contributed by atoms with E-state index < -0.39 is 0 Å². The van der Waals surface area contributed by atoms with Gasteiger partial charge in [0.1, 0.15) is 12.4 Å². The molecular formula is C15H17BrN2O. The second kappa shape index (κ2) is 6.68. The molecule has 0 atom stereocenters. The highest BCUT2D eigenvalue weighted by molar-refractivity contribution is 9.10. The van der Waals surface area contributed by atoms with Crippen molar-refractivity contribution in [2.24, 2.45) is 0 Å². The van der Waals surface area contributed by atoms with Gasteiger partial charge in [0.25, 0.3) is 0 Å². The van der Waals surface area contributed by atoms with Crippen LogP contribution in [0, 0.1) is 6.92 Å². The first-order valence-electron chi connectivity index (χ1n) is 6.16. The van der Waals surface area contributed by atoms with E-state index in [1.807, 2.05) is 25.4 Å². The molecule has 0 bridgehead atoms. The van der Waals surface area contributed by atoms with E-state index in [0.29, 0.717) is 6.61 Å². The Morgan fingerprint density at radius 2 is 2.21 bits per heavy atom. The smallest absolute Gasteiger partial charge is 0.127 e. The number of halogens is 1. The Bertz CT molecular complexity index is 543. The fourth-order valence-corrected chi connectivity index (χ4v) is 2.59. The summed E-state index contributed by atoms with van der Waals surface area (Å²) in [7, 11) is 1.93. The molecule has 0 aliphatic rings. The first-order valence-corrected chi connectivity index (χ1v) is 6.95. The first-order chi connectivity index (χ1) is 9.20. The lowest BCUT2D eigenvalue weighted by Gasteiger charge is -2.15. The maximum absolute atomic E-state index is 5.96. The highest BCUT2D eigenvalue weighted by atomic mass is 79.9. The van der Waals surface area contributed by atoms with E-state index >= 15 is 0 Å². The number of rotatable bonds is 5. The van der Waals surface area contributed by atoms with Crippen LogP contribution in [0.4, 0.5) is 0 Å². The Labute approximate surface area is 122 Å². The van der Waals surface area contributed by atoms with E-state index in [1.54, 1.807) is 6.20 Å². The van der Waals surface area contributed by atoms with Crippen LogP contribution in [0.1, 0.15) is 16.7 Å². The number of pyridine rings is 1. The SMILES string of the molecule is CNCc1cc(Br)cc(C)c1OCc1cccnc1. The second-order valence-corrected chi connectivity index (χ2v) is 5.31. The maximum atomic E-state index is 5.96. The van der Waals surface area contributed by atoms with Gasteiger partial charge in [-0.25, -0.2) is 0 Å². The lowest BCUT2D eigenvalue weighted by molar-refractivity contribution is 0.299. The molecular weight excluding hydrogens is 304 g/mol. The summed E-state index contributed by atoms with van der Waals surface area (Å²) in [6.45, 7) is 3.37. The van der Waals surface area contributed by atoms with Crippen LogP contribution in [0.2, 0.25) is 0 Å². The molecule has 2 aromatic rings. The van der Waals surface area contributed by atoms with Crippen molar-refractivity contribution >= 4 is 15.9 Å². The minimum Gasteiger partial charge on any atom is -0.488 e. The molecule has 2 rings (SSSR count). The summed E-state index contributed by atoms with van der Waals surface area (Å²) in [5.74, 6) is 0.946. The fraction of sp³-hybridized carbons (Fsp3) is 0.267. The molecule has 0 aliphatic carbocycles. The summed E-state index contributed by atoms with van der Waals surface area (Å²) in [6.07, 6.45) is 3.59. The van der Waals surface area contributed by atoms with Gasteiger partial charge in [0, 0.05) is 34.5 Å². The molecule has 1 heterocycles. The second-order valence-electron chi connectivity index (χ2n) is 4.39. The monoisotopic (exact) mass is 320 g/mol. The molecule has 1 N–H and O–H groups in total. The van der Waals surface area contributed by atoms with Crippen LogP contribution in [0.3, 0.4) is 0 Å². The van der Waals surface area contributed by atoms with Crippen molar-refractivity contribution in [2.75, 3.05) is 7.05 Å². The van der Waals surface area contributed by atoms with Crippen molar-refractivity contribution < 1.29 is 4.74 Å². The van der Waals surface area contributed by atoms with Crippen molar-refractivity contribution in [1.82, 2.24) is 10.3 Å². The van der Waals surface area contributed by atoms with Crippen LogP contribution in [0.15, 0.2) is 41.1 Å². The zero-order valence-electron chi connectivity index (χ0n) is 11.1. The van der Waals surface area contributed by atoms with Gasteiger partial charge in [-0.2, -0.15) is 0 Å². The third-order valence-electron chi connectivity index (χ3n) is 2.79. The van der Waals surface area contributed by atoms with Gasteiger partial charge >= 0.3 is 0 Å². The number of hydrogen-bond donors (Lipinski definition) is 1. The van der Waals surface area contributed by atoms with Crippen LogP contribution in [0.25, 0.3) is 0 Å². The summed E-state index contributed by atoms with van der Waals surface area (Å²) in [5, 5.41) is 3.16. The number of aryl methyl sites for hydroxylation is 1. The molecule has 0 aliphatic heterocycles. The van der Waals surface area contributed by atoms with Crippen LogP contribution >= 0.6 is 15.9 Å². The molecule has 0 fully saturated rings. The maximum Gasteiger partial charge on any atom is 0.127 e. The highest BCUT2D eigenvalue weighted by Gasteiger charge is 2.09. The van der Waals surface area contributed by atoms with Crippen LogP contribution in [-0.2, 0) is 13.2 Å². The standard InChI is InChI=1S/C15H17BrN2O/c1-11-6-14(16)7-13(9-17-2)15(11)19-10-12-4-3-5-18-8-12/h3-8,17H,9-10H2,1-2H3. The summed E-state index contributed by atoms with van der Waals surface area (Å²) in [4.78, 5) is 4.09. The predicted octanol–water partition coefficient (Wildman–Crippen LogP) is 3.45. The van der Waals surface area contributed by atoms with E-state index in [-0.39, 0.29) is 0 Å². The minimum absolute atomic E-state index is 0.535. The Morgan fingerprint density at radius 1 is 1.37 bits per heavy atom. The Hall–Kier alpha value is -1.39. The minimum atomic E-state index is 0.535. The average Bonchev–Trinajstić information content (AvgIpc) is 2.39. The van der Waals surface area contributed by atoms with Gasteiger partial charge in [-0.15, -0.1) is 0 Å². The van der Waals surface area contributed by atoms with E-state index in [1.165, 1.54) is 0 Å². The Kier molecular flexibility index (Phi) is 4.93. The molecule has 0 saturated carbocycles. The number of aromatic nitrogens is 1. The van der Waals surface area contributed by atoms with Crippen molar-refractivity contribution in [1.29, 1.82) is 0 Å². The molecule has 19 heavy (non-hydrogen) atoms. The number of ether oxygens (including phenoxy) is 1. The van der Waals surface area contributed by atoms with Gasteiger partial charge in [0.15, 0.2) is 0 Å². The van der Waals surface area contributed by atoms with Crippen LogP contribution < -0.4 is 10.1 Å². The normalized spacial score (nSPS) is 10.5. The van der Waals surface area contributed by atoms with Crippen LogP contribution in [-0.4, -0.2) is 12.0 Å². The zero-order valence-corrected chi connectivity index (χ0v) is 12.7. The largest absolute Gasteiger partial charge is 0.488 e. The summed E-state index contributed by atoms with van der Waals surface area (Å²) < 4.78 is 7.03. The Balaban J connectivity index is 2.19. The van der Waals surface area contributed by atoms with E-state index in [2.05, 4.69) is 45.3 Å². The van der Waals surface area contributed by atoms with Crippen molar-refractivity contribution in [2.45, 2.75) is 20.1 Å². The summed E-state index contributed by atoms with van der Waals surface area (Å²) in [6, 6.07) is 8.08. The highest BCUT2D eigenvalue weighted by Crippen LogP contribution is 2.28. The molecule has 0 amide bonds. The average molecular weight is 321 g/mol. The van der Waals surface area contributed by atoms with E-state index in [4.69, 9.17) is 4.74 Å². The molecule has 0 unspecified atom stereocenters. The molecule has 1 aromatic heterocycles. The van der Waals surface area contributed by atoms with Gasteiger partial charge in [0.2, 0.25) is 0 Å². The fourth-order valence-electron chi connectivity index (χ4n) is 1.97. The van der Waals surface area contributed by atoms with E-state index in [0.717, 1.165) is 33.5 Å². The molecule has 1 aromatic carbocycles. The number of nitrogens with one attached hydrogen (secondary N) is 1. The van der Waals surface area contributed by atoms with Gasteiger partial charge in [-0.3, -0.25) is 4.98 Å². The van der Waals surface area contributed by atoms with Gasteiger partial charge in [-0.05, 0) is 37.7 Å². The van der Waals surface area contributed by atoms with Crippen molar-refractivity contribution in [3.8, 4) is 5.75 Å². The molecule has 0 saturated heterocycles. The molecule has 3 nitrogen and oxygen atoms in total. The third-order valence-corrected chi connectivity index (χ3v) is 3.25. The van der Waals surface area contributed by atoms with Crippen molar-refractivity contribution in [3.05, 3.63) is 57.8 Å². The van der Waals surface area contributed by atoms with Gasteiger partial charge < -0.3 is 10.1 Å².